The van der Waals surface area contributed by atoms with Crippen LogP contribution in [0.3, 0.4) is 0 Å². The lowest BCUT2D eigenvalue weighted by atomic mass is 10.5. The van der Waals surface area contributed by atoms with Crippen LogP contribution in [0.15, 0.2) is 10.4 Å². The molecule has 0 radical (unpaired) electrons. The van der Waals surface area contributed by atoms with E-state index in [4.69, 9.17) is 4.74 Å². The molecular formula is C7H10N2O2S2. The van der Waals surface area contributed by atoms with E-state index >= 15 is 0 Å². The van der Waals surface area contributed by atoms with Gasteiger partial charge in [-0.15, -0.1) is 5.10 Å². The highest BCUT2D eigenvalue weighted by molar-refractivity contribution is 8.02. The van der Waals surface area contributed by atoms with Crippen molar-refractivity contribution >= 4 is 29.3 Å². The van der Waals surface area contributed by atoms with E-state index in [1.807, 2.05) is 6.92 Å². The molecule has 4 nitrogen and oxygen atoms in total. The third-order valence-electron chi connectivity index (χ3n) is 1.25. The van der Waals surface area contributed by atoms with Crippen LogP contribution < -0.4 is 0 Å². The Kier molecular flexibility index (Phi) is 4.17. The average Bonchev–Trinajstić information content (AvgIpc) is 2.57. The van der Waals surface area contributed by atoms with Crippen LogP contribution in [-0.4, -0.2) is 27.4 Å². The van der Waals surface area contributed by atoms with Gasteiger partial charge in [0.1, 0.15) is 9.46 Å². The second-order valence-electron chi connectivity index (χ2n) is 2.25. The first-order chi connectivity index (χ1) is 6.24. The van der Waals surface area contributed by atoms with Gasteiger partial charge in [0.25, 0.3) is 0 Å². The van der Waals surface area contributed by atoms with E-state index in [0.717, 1.165) is 4.21 Å². The summed E-state index contributed by atoms with van der Waals surface area (Å²) in [5, 5.41) is 3.48. The topological polar surface area (TPSA) is 52.1 Å². The largest absolute Gasteiger partial charge is 0.465 e. The van der Waals surface area contributed by atoms with Crippen LogP contribution in [-0.2, 0) is 9.53 Å². The minimum absolute atomic E-state index is 0.192. The van der Waals surface area contributed by atoms with Crippen molar-refractivity contribution in [2.24, 2.45) is 0 Å². The predicted molar refractivity (Wildman–Crippen MR) is 51.9 cm³/mol. The van der Waals surface area contributed by atoms with Gasteiger partial charge in [-0.1, -0.05) is 16.3 Å². The number of ether oxygens (including phenoxy) is 1. The van der Waals surface area contributed by atoms with Crippen molar-refractivity contribution in [2.45, 2.75) is 23.3 Å². The highest BCUT2D eigenvalue weighted by atomic mass is 32.2. The molecule has 0 unspecified atom stereocenters. The van der Waals surface area contributed by atoms with Gasteiger partial charge in [0.2, 0.25) is 0 Å². The number of thioether (sulfide) groups is 1. The highest BCUT2D eigenvalue weighted by Gasteiger charge is 2.16. The summed E-state index contributed by atoms with van der Waals surface area (Å²) < 4.78 is 9.49. The first-order valence-corrected chi connectivity index (χ1v) is 5.50. The zero-order valence-corrected chi connectivity index (χ0v) is 9.02. The maximum Gasteiger partial charge on any atom is 0.319 e. The Hall–Kier alpha value is -0.620. The number of carbonyl (C=O) groups is 1. The molecule has 0 saturated carbocycles. The fourth-order valence-electron chi connectivity index (χ4n) is 0.692. The molecule has 0 N–H and O–H groups in total. The number of aromatic nitrogens is 2. The normalized spacial score (nSPS) is 12.5. The third-order valence-corrected chi connectivity index (χ3v) is 3.11. The summed E-state index contributed by atoms with van der Waals surface area (Å²) >= 11 is 2.70. The Labute approximate surface area is 84.8 Å². The molecule has 1 rings (SSSR count). The van der Waals surface area contributed by atoms with Crippen LogP contribution in [0.5, 0.6) is 0 Å². The van der Waals surface area contributed by atoms with Crippen molar-refractivity contribution in [3.63, 3.8) is 0 Å². The SMILES string of the molecule is CCOC(=O)[C@H](C)Sc1cnns1. The van der Waals surface area contributed by atoms with Gasteiger partial charge in [-0.2, -0.15) is 0 Å². The van der Waals surface area contributed by atoms with E-state index in [9.17, 15) is 4.79 Å². The van der Waals surface area contributed by atoms with Crippen LogP contribution in [0.1, 0.15) is 13.8 Å². The molecule has 1 aromatic heterocycles. The lowest BCUT2D eigenvalue weighted by molar-refractivity contribution is -0.142. The Morgan fingerprint density at radius 2 is 2.62 bits per heavy atom. The van der Waals surface area contributed by atoms with E-state index in [1.54, 1.807) is 13.1 Å². The number of nitrogens with zero attached hydrogens (tertiary/aromatic N) is 2. The monoisotopic (exact) mass is 218 g/mol. The van der Waals surface area contributed by atoms with Crippen molar-refractivity contribution in [1.29, 1.82) is 0 Å². The Bertz CT molecular complexity index is 263. The predicted octanol–water partition coefficient (Wildman–Crippen LogP) is 1.58. The summed E-state index contributed by atoms with van der Waals surface area (Å²) in [6.07, 6.45) is 1.64. The molecule has 0 aromatic carbocycles. The second-order valence-corrected chi connectivity index (χ2v) is 4.68. The highest BCUT2D eigenvalue weighted by Crippen LogP contribution is 2.25. The van der Waals surface area contributed by atoms with E-state index in [2.05, 4.69) is 9.59 Å². The van der Waals surface area contributed by atoms with Crippen molar-refractivity contribution in [3.05, 3.63) is 6.20 Å². The van der Waals surface area contributed by atoms with Gasteiger partial charge in [0.05, 0.1) is 12.8 Å². The molecule has 0 aliphatic heterocycles. The van der Waals surface area contributed by atoms with Crippen LogP contribution in [0.25, 0.3) is 0 Å². The molecule has 0 amide bonds. The van der Waals surface area contributed by atoms with Gasteiger partial charge in [0, 0.05) is 0 Å². The van der Waals surface area contributed by atoms with Crippen LogP contribution >= 0.6 is 23.3 Å². The van der Waals surface area contributed by atoms with Gasteiger partial charge in [-0.3, -0.25) is 4.79 Å². The van der Waals surface area contributed by atoms with Crippen molar-refractivity contribution in [2.75, 3.05) is 6.61 Å². The molecule has 0 saturated heterocycles. The van der Waals surface area contributed by atoms with Gasteiger partial charge in [0.15, 0.2) is 0 Å². The molecule has 1 aromatic rings. The zero-order valence-electron chi connectivity index (χ0n) is 7.39. The Morgan fingerprint density at radius 1 is 1.85 bits per heavy atom. The quantitative estimate of drug-likeness (QED) is 0.567. The Balaban J connectivity index is 2.41. The van der Waals surface area contributed by atoms with E-state index in [0.29, 0.717) is 6.61 Å². The van der Waals surface area contributed by atoms with Gasteiger partial charge < -0.3 is 4.74 Å². The van der Waals surface area contributed by atoms with Gasteiger partial charge in [-0.25, -0.2) is 0 Å². The number of esters is 1. The molecule has 0 aliphatic carbocycles. The zero-order chi connectivity index (χ0) is 9.68. The first-order valence-electron chi connectivity index (χ1n) is 3.84. The van der Waals surface area contributed by atoms with Crippen LogP contribution in [0.4, 0.5) is 0 Å². The molecule has 1 heterocycles. The average molecular weight is 218 g/mol. The fourth-order valence-corrected chi connectivity index (χ4v) is 2.29. The summed E-state index contributed by atoms with van der Waals surface area (Å²) in [5.41, 5.74) is 0. The molecule has 72 valence electrons. The van der Waals surface area contributed by atoms with Crippen LogP contribution in [0.2, 0.25) is 0 Å². The summed E-state index contributed by atoms with van der Waals surface area (Å²) in [4.78, 5) is 11.2. The maximum atomic E-state index is 11.2. The van der Waals surface area contributed by atoms with Gasteiger partial charge in [-0.05, 0) is 25.4 Å². The van der Waals surface area contributed by atoms with Crippen molar-refractivity contribution in [1.82, 2.24) is 9.59 Å². The smallest absolute Gasteiger partial charge is 0.319 e. The van der Waals surface area contributed by atoms with Crippen molar-refractivity contribution in [3.8, 4) is 0 Å². The maximum absolute atomic E-state index is 11.2. The number of rotatable bonds is 4. The summed E-state index contributed by atoms with van der Waals surface area (Å²) in [6.45, 7) is 4.02. The molecule has 13 heavy (non-hydrogen) atoms. The lowest BCUT2D eigenvalue weighted by Gasteiger charge is -2.07. The molecule has 0 aliphatic rings. The Morgan fingerprint density at radius 3 is 3.15 bits per heavy atom. The third kappa shape index (κ3) is 3.31. The number of carbonyl (C=O) groups excluding carboxylic acids is 1. The lowest BCUT2D eigenvalue weighted by Crippen LogP contribution is -2.16. The van der Waals surface area contributed by atoms with E-state index < -0.39 is 0 Å². The van der Waals surface area contributed by atoms with Gasteiger partial charge >= 0.3 is 5.97 Å². The minimum Gasteiger partial charge on any atom is -0.465 e. The standard InChI is InChI=1S/C7H10N2O2S2/c1-3-11-7(10)5(2)12-6-4-8-9-13-6/h4-5H,3H2,1-2H3/t5-/m0/s1. The summed E-state index contributed by atoms with van der Waals surface area (Å²) in [5.74, 6) is -0.194. The van der Waals surface area contributed by atoms with Crippen molar-refractivity contribution < 1.29 is 9.53 Å². The molecular weight excluding hydrogens is 208 g/mol. The number of hydrogen-bond donors (Lipinski definition) is 0. The summed E-state index contributed by atoms with van der Waals surface area (Å²) in [7, 11) is 0. The molecule has 0 fully saturated rings. The molecule has 6 heteroatoms. The fraction of sp³-hybridized carbons (Fsp3) is 0.571. The first kappa shape index (κ1) is 10.5. The molecule has 0 spiro atoms. The molecule has 1 atom stereocenters. The van der Waals surface area contributed by atoms with E-state index in [1.165, 1.54) is 23.3 Å². The second kappa shape index (κ2) is 5.18. The summed E-state index contributed by atoms with van der Waals surface area (Å²) in [6, 6.07) is 0. The molecule has 0 bridgehead atoms. The van der Waals surface area contributed by atoms with E-state index in [-0.39, 0.29) is 11.2 Å². The van der Waals surface area contributed by atoms with Crippen LogP contribution in [0, 0.1) is 0 Å². The minimum atomic E-state index is -0.194. The number of hydrogen-bond acceptors (Lipinski definition) is 6.